The maximum Gasteiger partial charge on any atom is 0.293 e. The van der Waals surface area contributed by atoms with Gasteiger partial charge in [-0.25, -0.2) is 4.98 Å². The van der Waals surface area contributed by atoms with E-state index in [4.69, 9.17) is 11.6 Å². The molecule has 0 saturated heterocycles. The van der Waals surface area contributed by atoms with Crippen LogP contribution in [-0.4, -0.2) is 37.0 Å². The number of anilines is 1. The van der Waals surface area contributed by atoms with Crippen LogP contribution in [0.4, 0.5) is 5.82 Å². The zero-order valence-electron chi connectivity index (χ0n) is 17.4. The number of aromatic amines is 1. The zero-order chi connectivity index (χ0) is 22.5. The first-order valence-corrected chi connectivity index (χ1v) is 10.5. The number of amides is 1. The summed E-state index contributed by atoms with van der Waals surface area (Å²) in [5.41, 5.74) is 2.66. The molecule has 1 amide bonds. The lowest BCUT2D eigenvalue weighted by molar-refractivity contribution is -0.121. The molecule has 9 nitrogen and oxygen atoms in total. The van der Waals surface area contributed by atoms with E-state index in [9.17, 15) is 9.59 Å². The molecular weight excluding hydrogens is 430 g/mol. The Kier molecular flexibility index (Phi) is 6.46. The number of hydrogen-bond donors (Lipinski definition) is 3. The van der Waals surface area contributed by atoms with Crippen molar-refractivity contribution in [2.75, 3.05) is 11.9 Å². The Bertz CT molecular complexity index is 1300. The van der Waals surface area contributed by atoms with E-state index < -0.39 is 0 Å². The number of fused-ring (bicyclic) bond motifs is 1. The maximum absolute atomic E-state index is 12.8. The van der Waals surface area contributed by atoms with Crippen molar-refractivity contribution < 1.29 is 4.79 Å². The molecule has 32 heavy (non-hydrogen) atoms. The minimum atomic E-state index is -0.347. The number of hydrogen-bond acceptors (Lipinski definition) is 6. The van der Waals surface area contributed by atoms with Gasteiger partial charge in [0.15, 0.2) is 5.82 Å². The fraction of sp³-hybridized carbons (Fsp3) is 0.227. The SMILES string of the molecule is Cc1cnc(NCCc2ccccn2)c(=O)n1CC(=O)NCc1cc2c(Cl)c[nH]c2cn1. The summed E-state index contributed by atoms with van der Waals surface area (Å²) >= 11 is 6.14. The number of carbonyl (C=O) groups is 1. The summed E-state index contributed by atoms with van der Waals surface area (Å²) in [4.78, 5) is 41.1. The first-order valence-electron chi connectivity index (χ1n) is 10.1. The third-order valence-corrected chi connectivity index (χ3v) is 5.31. The lowest BCUT2D eigenvalue weighted by Crippen LogP contribution is -2.34. The molecule has 0 atom stereocenters. The Morgan fingerprint density at radius 1 is 1.19 bits per heavy atom. The van der Waals surface area contributed by atoms with Crippen molar-refractivity contribution >= 4 is 34.2 Å². The highest BCUT2D eigenvalue weighted by Crippen LogP contribution is 2.22. The van der Waals surface area contributed by atoms with Gasteiger partial charge in [0, 0.05) is 48.3 Å². The summed E-state index contributed by atoms with van der Waals surface area (Å²) in [6, 6.07) is 7.51. The van der Waals surface area contributed by atoms with E-state index in [2.05, 4.69) is 30.6 Å². The Hall–Kier alpha value is -3.72. The predicted molar refractivity (Wildman–Crippen MR) is 123 cm³/mol. The number of aromatic nitrogens is 5. The van der Waals surface area contributed by atoms with Gasteiger partial charge in [0.05, 0.1) is 29.0 Å². The average molecular weight is 452 g/mol. The highest BCUT2D eigenvalue weighted by Gasteiger charge is 2.12. The van der Waals surface area contributed by atoms with E-state index in [1.165, 1.54) is 4.57 Å². The van der Waals surface area contributed by atoms with Crippen LogP contribution in [0.15, 0.2) is 53.8 Å². The molecule has 0 aliphatic carbocycles. The van der Waals surface area contributed by atoms with Crippen LogP contribution in [-0.2, 0) is 24.3 Å². The summed E-state index contributed by atoms with van der Waals surface area (Å²) in [6.45, 7) is 2.35. The lowest BCUT2D eigenvalue weighted by Gasteiger charge is -2.12. The minimum Gasteiger partial charge on any atom is -0.365 e. The molecule has 0 saturated carbocycles. The standard InChI is InChI=1S/C22H22ClN7O2/c1-14-9-29-21(25-7-5-15-4-2-3-6-24-15)22(32)30(14)13-20(31)28-10-16-8-17-18(23)11-27-19(17)12-26-16/h2-4,6,8-9,11-12,27H,5,7,10,13H2,1H3,(H,25,29)(H,28,31). The van der Waals surface area contributed by atoms with Crippen molar-refractivity contribution in [3.05, 3.63) is 81.5 Å². The number of nitrogens with zero attached hydrogens (tertiary/aromatic N) is 4. The van der Waals surface area contributed by atoms with E-state index >= 15 is 0 Å². The molecule has 3 N–H and O–H groups in total. The molecule has 0 aliphatic rings. The third-order valence-electron chi connectivity index (χ3n) is 4.99. The zero-order valence-corrected chi connectivity index (χ0v) is 18.2. The molecule has 4 aromatic heterocycles. The van der Waals surface area contributed by atoms with Crippen LogP contribution in [0.5, 0.6) is 0 Å². The monoisotopic (exact) mass is 451 g/mol. The summed E-state index contributed by atoms with van der Waals surface area (Å²) in [5, 5.41) is 7.27. The van der Waals surface area contributed by atoms with Crippen LogP contribution in [0.3, 0.4) is 0 Å². The molecule has 0 bridgehead atoms. The van der Waals surface area contributed by atoms with Crippen LogP contribution in [0.1, 0.15) is 17.1 Å². The Balaban J connectivity index is 1.37. The molecule has 10 heteroatoms. The maximum atomic E-state index is 12.8. The molecule has 164 valence electrons. The van der Waals surface area contributed by atoms with Crippen LogP contribution in [0, 0.1) is 6.92 Å². The number of aryl methyl sites for hydroxylation is 1. The van der Waals surface area contributed by atoms with Crippen molar-refractivity contribution in [2.45, 2.75) is 26.4 Å². The first kappa shape index (κ1) is 21.5. The van der Waals surface area contributed by atoms with Gasteiger partial charge in [-0.05, 0) is 25.1 Å². The molecule has 0 aromatic carbocycles. The molecule has 0 aliphatic heterocycles. The third kappa shape index (κ3) is 4.94. The molecule has 0 spiro atoms. The number of pyridine rings is 2. The average Bonchev–Trinajstić information content (AvgIpc) is 3.17. The smallest absolute Gasteiger partial charge is 0.293 e. The molecule has 4 aromatic rings. The van der Waals surface area contributed by atoms with Gasteiger partial charge >= 0.3 is 0 Å². The molecule has 4 heterocycles. The van der Waals surface area contributed by atoms with E-state index in [1.807, 2.05) is 24.3 Å². The van der Waals surface area contributed by atoms with Crippen LogP contribution in [0.25, 0.3) is 10.9 Å². The van der Waals surface area contributed by atoms with Crippen LogP contribution < -0.4 is 16.2 Å². The summed E-state index contributed by atoms with van der Waals surface area (Å²) < 4.78 is 1.39. The number of nitrogens with one attached hydrogen (secondary N) is 3. The van der Waals surface area contributed by atoms with Gasteiger partial charge in [-0.1, -0.05) is 17.7 Å². The molecular formula is C22H22ClN7O2. The fourth-order valence-electron chi connectivity index (χ4n) is 3.26. The Morgan fingerprint density at radius 3 is 2.88 bits per heavy atom. The van der Waals surface area contributed by atoms with E-state index in [1.54, 1.807) is 31.7 Å². The van der Waals surface area contributed by atoms with E-state index in [0.29, 0.717) is 29.4 Å². The van der Waals surface area contributed by atoms with Crippen LogP contribution >= 0.6 is 11.6 Å². The van der Waals surface area contributed by atoms with E-state index in [0.717, 1.165) is 16.6 Å². The van der Waals surface area contributed by atoms with Gasteiger partial charge in [-0.2, -0.15) is 0 Å². The summed E-state index contributed by atoms with van der Waals surface area (Å²) in [6.07, 6.45) is 7.31. The Morgan fingerprint density at radius 2 is 2.06 bits per heavy atom. The second kappa shape index (κ2) is 9.61. The molecule has 0 radical (unpaired) electrons. The van der Waals surface area contributed by atoms with Gasteiger partial charge in [0.1, 0.15) is 6.54 Å². The van der Waals surface area contributed by atoms with Crippen molar-refractivity contribution in [2.24, 2.45) is 0 Å². The minimum absolute atomic E-state index is 0.116. The van der Waals surface area contributed by atoms with E-state index in [-0.39, 0.29) is 30.4 Å². The largest absolute Gasteiger partial charge is 0.365 e. The Labute approximate surface area is 188 Å². The fourth-order valence-corrected chi connectivity index (χ4v) is 3.47. The number of H-pyrrole nitrogens is 1. The second-order valence-electron chi connectivity index (χ2n) is 7.27. The normalized spacial score (nSPS) is 10.9. The first-order chi connectivity index (χ1) is 15.5. The molecule has 0 fully saturated rings. The predicted octanol–water partition coefficient (Wildman–Crippen LogP) is 2.45. The van der Waals surface area contributed by atoms with Gasteiger partial charge in [-0.15, -0.1) is 0 Å². The number of carbonyl (C=O) groups excluding carboxylic acids is 1. The highest BCUT2D eigenvalue weighted by atomic mass is 35.5. The van der Waals surface area contributed by atoms with Gasteiger partial charge in [-0.3, -0.25) is 24.1 Å². The van der Waals surface area contributed by atoms with Crippen molar-refractivity contribution in [1.82, 2.24) is 29.8 Å². The summed E-state index contributed by atoms with van der Waals surface area (Å²) in [7, 11) is 0. The highest BCUT2D eigenvalue weighted by molar-refractivity contribution is 6.35. The van der Waals surface area contributed by atoms with Gasteiger partial charge in [0.2, 0.25) is 5.91 Å². The topological polar surface area (TPSA) is 118 Å². The lowest BCUT2D eigenvalue weighted by atomic mass is 10.2. The molecule has 0 unspecified atom stereocenters. The summed E-state index contributed by atoms with van der Waals surface area (Å²) in [5.74, 6) is -0.101. The van der Waals surface area contributed by atoms with Crippen molar-refractivity contribution in [3.8, 4) is 0 Å². The van der Waals surface area contributed by atoms with Crippen molar-refractivity contribution in [1.29, 1.82) is 0 Å². The number of rotatable bonds is 8. The van der Waals surface area contributed by atoms with Gasteiger partial charge in [0.25, 0.3) is 5.56 Å². The second-order valence-corrected chi connectivity index (χ2v) is 7.68. The molecule has 4 rings (SSSR count). The van der Waals surface area contributed by atoms with Gasteiger partial charge < -0.3 is 15.6 Å². The quantitative estimate of drug-likeness (QED) is 0.378. The van der Waals surface area contributed by atoms with Crippen LogP contribution in [0.2, 0.25) is 5.02 Å². The van der Waals surface area contributed by atoms with Crippen molar-refractivity contribution in [3.63, 3.8) is 0 Å². The number of halogens is 1.